The van der Waals surface area contributed by atoms with E-state index < -0.39 is 0 Å². The first-order valence-corrected chi connectivity index (χ1v) is 20.9. The Balaban J connectivity index is 3.98. The van der Waals surface area contributed by atoms with Gasteiger partial charge in [0, 0.05) is 0 Å². The van der Waals surface area contributed by atoms with E-state index in [1.165, 1.54) is 0 Å². The maximum absolute atomic E-state index is 11.0. The molecule has 0 saturated heterocycles. The summed E-state index contributed by atoms with van der Waals surface area (Å²) in [5.74, 6) is 0. The van der Waals surface area contributed by atoms with Gasteiger partial charge in [-0.1, -0.05) is 15.9 Å². The first-order chi connectivity index (χ1) is 5.97. The van der Waals surface area contributed by atoms with E-state index in [4.69, 9.17) is 0 Å². The molecule has 0 saturated carbocycles. The Bertz CT molecular complexity index is 157. The SMILES string of the molecule is CC(=O)PP(P)P(PP)PP(P)P. The molecule has 0 aliphatic carbocycles. The van der Waals surface area contributed by atoms with E-state index in [2.05, 4.69) is 35.7 Å². The van der Waals surface area contributed by atoms with E-state index in [-0.39, 0.29) is 21.0 Å². The summed E-state index contributed by atoms with van der Waals surface area (Å²) in [6, 6.07) is 0. The van der Waals surface area contributed by atoms with Crippen LogP contribution in [0.3, 0.4) is 0 Å². The Morgan fingerprint density at radius 3 is 2.15 bits per heavy atom. The molecule has 11 heteroatoms. The van der Waals surface area contributed by atoms with E-state index >= 15 is 0 Å². The molecular weight excluding hydrogens is 350 g/mol. The number of hydrogen-bond acceptors (Lipinski definition) is 1. The molecule has 0 fully saturated rings. The molecule has 0 aromatic carbocycles. The van der Waals surface area contributed by atoms with E-state index in [9.17, 15) is 4.79 Å². The van der Waals surface area contributed by atoms with Gasteiger partial charge in [-0.25, -0.2) is 0 Å². The van der Waals surface area contributed by atoms with Crippen LogP contribution in [-0.2, 0) is 4.79 Å². The third-order valence-electron chi connectivity index (χ3n) is 0.820. The van der Waals surface area contributed by atoms with Crippen LogP contribution in [0.4, 0.5) is 0 Å². The van der Waals surface area contributed by atoms with E-state index in [1.807, 2.05) is 0 Å². The van der Waals surface area contributed by atoms with Gasteiger partial charge in [-0.2, -0.15) is 0 Å². The quantitative estimate of drug-likeness (QED) is 0.549. The van der Waals surface area contributed by atoms with Crippen LogP contribution in [0.5, 0.6) is 0 Å². The smallest absolute Gasteiger partial charge is 0.153 e. The van der Waals surface area contributed by atoms with Gasteiger partial charge in [0.1, 0.15) is 0 Å². The molecule has 0 rings (SSSR count). The molecule has 0 aliphatic heterocycles. The van der Waals surface area contributed by atoms with Crippen molar-refractivity contribution >= 4 is 86.4 Å². The molecule has 0 spiro atoms. The Hall–Kier alpha value is 3.97. The maximum atomic E-state index is 11.0. The summed E-state index contributed by atoms with van der Waals surface area (Å²) in [7, 11) is 14.2. The lowest BCUT2D eigenvalue weighted by molar-refractivity contribution is -0.109. The molecule has 0 aliphatic rings. The summed E-state index contributed by atoms with van der Waals surface area (Å²) in [6.07, 6.45) is 0. The number of carbonyl (C=O) groups is 1. The summed E-state index contributed by atoms with van der Waals surface area (Å²) in [5.41, 5.74) is 0.374. The minimum atomic E-state index is -0.0629. The topological polar surface area (TPSA) is 17.1 Å². The van der Waals surface area contributed by atoms with Crippen LogP contribution < -0.4 is 0 Å². The molecular formula is C2H14OP10. The third kappa shape index (κ3) is 9.65. The van der Waals surface area contributed by atoms with Gasteiger partial charge in [-0.3, -0.25) is 4.79 Å². The fourth-order valence-corrected chi connectivity index (χ4v) is 68.8. The normalized spacial score (nSPS) is 18.6. The minimum Gasteiger partial charge on any atom is -0.295 e. The van der Waals surface area contributed by atoms with Crippen molar-refractivity contribution < 1.29 is 4.79 Å². The first kappa shape index (κ1) is 17.0. The molecule has 9 atom stereocenters. The average Bonchev–Trinajstić information content (AvgIpc) is 1.98. The van der Waals surface area contributed by atoms with Crippen LogP contribution in [-0.4, -0.2) is 5.52 Å². The Kier molecular flexibility index (Phi) is 13.0. The Morgan fingerprint density at radius 1 is 1.31 bits per heavy atom. The number of carbonyl (C=O) groups excluding carboxylic acids is 1. The summed E-state index contributed by atoms with van der Waals surface area (Å²) in [5, 5.41) is 0. The molecule has 0 aromatic heterocycles. The van der Waals surface area contributed by atoms with Crippen LogP contribution in [0.1, 0.15) is 6.92 Å². The number of hydrogen-bond donors (Lipinski definition) is 0. The van der Waals surface area contributed by atoms with Gasteiger partial charge in [0.15, 0.2) is 5.52 Å². The monoisotopic (exact) mass is 364 g/mol. The van der Waals surface area contributed by atoms with Gasteiger partial charge in [-0.15, -0.1) is 35.7 Å². The van der Waals surface area contributed by atoms with Crippen molar-refractivity contribution in [3.05, 3.63) is 0 Å². The van der Waals surface area contributed by atoms with Crippen molar-refractivity contribution in [2.24, 2.45) is 0 Å². The van der Waals surface area contributed by atoms with Crippen molar-refractivity contribution in [3.63, 3.8) is 0 Å². The lowest BCUT2D eigenvalue weighted by atomic mass is 10.9. The van der Waals surface area contributed by atoms with Crippen LogP contribution in [0, 0.1) is 0 Å². The minimum absolute atomic E-state index is 0.0629. The van der Waals surface area contributed by atoms with Crippen LogP contribution >= 0.6 is 80.9 Å². The predicted molar refractivity (Wildman–Crippen MR) is 95.2 cm³/mol. The highest BCUT2D eigenvalue weighted by molar-refractivity contribution is 9.09. The van der Waals surface area contributed by atoms with Crippen LogP contribution in [0.15, 0.2) is 0 Å². The molecule has 1 nitrogen and oxygen atoms in total. The van der Waals surface area contributed by atoms with Crippen molar-refractivity contribution in [2.75, 3.05) is 0 Å². The second-order valence-corrected chi connectivity index (χ2v) is 37.2. The summed E-state index contributed by atoms with van der Waals surface area (Å²) in [6.45, 7) is 1.86. The van der Waals surface area contributed by atoms with Gasteiger partial charge < -0.3 is 0 Å². The molecule has 0 bridgehead atoms. The second-order valence-electron chi connectivity index (χ2n) is 1.96. The van der Waals surface area contributed by atoms with Crippen molar-refractivity contribution in [2.45, 2.75) is 6.92 Å². The molecule has 13 heavy (non-hydrogen) atoms. The zero-order valence-corrected chi connectivity index (χ0v) is 17.4. The van der Waals surface area contributed by atoms with Gasteiger partial charge in [0.2, 0.25) is 0 Å². The maximum Gasteiger partial charge on any atom is 0.153 e. The Labute approximate surface area is 97.9 Å². The van der Waals surface area contributed by atoms with E-state index in [1.54, 1.807) is 6.92 Å². The molecule has 78 valence electrons. The summed E-state index contributed by atoms with van der Waals surface area (Å²) >= 11 is 0. The zero-order chi connectivity index (χ0) is 10.4. The van der Waals surface area contributed by atoms with Crippen LogP contribution in [0.2, 0.25) is 0 Å². The average molecular weight is 364 g/mol. The first-order valence-electron chi connectivity index (χ1n) is 3.11. The highest BCUT2D eigenvalue weighted by Crippen LogP contribution is 3.04. The van der Waals surface area contributed by atoms with Gasteiger partial charge in [0.05, 0.1) is 0 Å². The fraction of sp³-hybridized carbons (Fsp3) is 0.500. The second kappa shape index (κ2) is 9.95. The van der Waals surface area contributed by atoms with E-state index in [0.717, 1.165) is 15.9 Å². The van der Waals surface area contributed by atoms with Crippen LogP contribution in [0.25, 0.3) is 0 Å². The highest BCUT2D eigenvalue weighted by atomic mass is 33.1. The van der Waals surface area contributed by atoms with Crippen molar-refractivity contribution in [1.29, 1.82) is 0 Å². The standard InChI is InChI=1S/C2H14OP10/c1-2(3)8-12(7)13(9-4)10-11(5)6/h8-10H,4-7H2,1H3. The lowest BCUT2D eigenvalue weighted by Gasteiger charge is -2.23. The fourth-order valence-electron chi connectivity index (χ4n) is 0.460. The van der Waals surface area contributed by atoms with Crippen molar-refractivity contribution in [3.8, 4) is 0 Å². The molecule has 0 radical (unpaired) electrons. The van der Waals surface area contributed by atoms with Gasteiger partial charge in [0.25, 0.3) is 0 Å². The molecule has 0 aromatic rings. The largest absolute Gasteiger partial charge is 0.295 e. The van der Waals surface area contributed by atoms with E-state index in [0.29, 0.717) is 13.8 Å². The van der Waals surface area contributed by atoms with Crippen molar-refractivity contribution in [1.82, 2.24) is 0 Å². The Morgan fingerprint density at radius 2 is 1.85 bits per heavy atom. The van der Waals surface area contributed by atoms with Gasteiger partial charge in [-0.05, 0) is 36.2 Å². The molecule has 9 unspecified atom stereocenters. The third-order valence-corrected chi connectivity index (χ3v) is 48.9. The van der Waals surface area contributed by atoms with Gasteiger partial charge >= 0.3 is 0 Å². The number of rotatable bonds is 6. The summed E-state index contributed by atoms with van der Waals surface area (Å²) in [4.78, 5) is 11.0. The summed E-state index contributed by atoms with van der Waals surface area (Å²) < 4.78 is 0. The zero-order valence-electron chi connectivity index (χ0n) is 7.06. The lowest BCUT2D eigenvalue weighted by Crippen LogP contribution is -1.68. The molecule has 0 heterocycles. The molecule has 0 N–H and O–H groups in total. The molecule has 0 amide bonds. The predicted octanol–water partition coefficient (Wildman–Crippen LogP) is 5.75. The highest BCUT2D eigenvalue weighted by Gasteiger charge is 2.17.